The van der Waals surface area contributed by atoms with Gasteiger partial charge in [0.2, 0.25) is 22.6 Å². The molecule has 1 aromatic rings. The lowest BCUT2D eigenvalue weighted by atomic mass is 10.4. The fourth-order valence-corrected chi connectivity index (χ4v) is 1.91. The number of hydrogen-bond acceptors (Lipinski definition) is 6. The number of nitrogens with two attached hydrogens (primary N) is 1. The molecule has 1 aliphatic rings. The van der Waals surface area contributed by atoms with E-state index in [2.05, 4.69) is 27.6 Å². The highest BCUT2D eigenvalue weighted by Gasteiger charge is 2.29. The SMILES string of the molecule is Nc1nc(=S)nc(N2CC(S)CC2=O)[nH]1. The van der Waals surface area contributed by atoms with Gasteiger partial charge in [-0.2, -0.15) is 22.6 Å². The third kappa shape index (κ3) is 2.10. The van der Waals surface area contributed by atoms with Gasteiger partial charge in [0.1, 0.15) is 0 Å². The van der Waals surface area contributed by atoms with Gasteiger partial charge in [0.15, 0.2) is 0 Å². The molecule has 0 aliphatic carbocycles. The minimum absolute atomic E-state index is 0.0238. The van der Waals surface area contributed by atoms with Crippen LogP contribution in [0.2, 0.25) is 0 Å². The van der Waals surface area contributed by atoms with Gasteiger partial charge in [-0.05, 0) is 12.2 Å². The van der Waals surface area contributed by atoms with Crippen molar-refractivity contribution in [3.63, 3.8) is 0 Å². The van der Waals surface area contributed by atoms with E-state index in [1.807, 2.05) is 0 Å². The van der Waals surface area contributed by atoms with Gasteiger partial charge in [-0.25, -0.2) is 0 Å². The molecular weight excluding hydrogens is 234 g/mol. The molecule has 15 heavy (non-hydrogen) atoms. The van der Waals surface area contributed by atoms with Crippen LogP contribution in [-0.4, -0.2) is 32.7 Å². The second kappa shape index (κ2) is 3.78. The molecule has 2 rings (SSSR count). The summed E-state index contributed by atoms with van der Waals surface area (Å²) in [4.78, 5) is 23.4. The Hall–Kier alpha value is -1.15. The Bertz CT molecular complexity index is 459. The lowest BCUT2D eigenvalue weighted by molar-refractivity contribution is -0.117. The summed E-state index contributed by atoms with van der Waals surface area (Å²) in [5, 5.41) is 0.0238. The monoisotopic (exact) mass is 243 g/mol. The van der Waals surface area contributed by atoms with Crippen LogP contribution in [-0.2, 0) is 4.79 Å². The minimum atomic E-state index is -0.0428. The van der Waals surface area contributed by atoms with Crippen LogP contribution in [0.5, 0.6) is 0 Å². The van der Waals surface area contributed by atoms with E-state index < -0.39 is 0 Å². The minimum Gasteiger partial charge on any atom is -0.369 e. The molecule has 0 saturated carbocycles. The van der Waals surface area contributed by atoms with Gasteiger partial charge in [-0.15, -0.1) is 0 Å². The summed E-state index contributed by atoms with van der Waals surface area (Å²) >= 11 is 9.05. The van der Waals surface area contributed by atoms with Crippen molar-refractivity contribution >= 4 is 42.7 Å². The van der Waals surface area contributed by atoms with Crippen molar-refractivity contribution in [2.75, 3.05) is 17.2 Å². The van der Waals surface area contributed by atoms with Crippen LogP contribution in [0.4, 0.5) is 11.9 Å². The first-order valence-corrected chi connectivity index (χ1v) is 5.21. The molecule has 1 aromatic heterocycles. The number of rotatable bonds is 1. The maximum atomic E-state index is 11.5. The summed E-state index contributed by atoms with van der Waals surface area (Å²) in [7, 11) is 0. The van der Waals surface area contributed by atoms with Crippen LogP contribution in [0.15, 0.2) is 0 Å². The first-order valence-electron chi connectivity index (χ1n) is 4.28. The number of nitrogens with one attached hydrogen (secondary N) is 1. The van der Waals surface area contributed by atoms with Gasteiger partial charge < -0.3 is 5.73 Å². The Morgan fingerprint density at radius 2 is 2.33 bits per heavy atom. The summed E-state index contributed by atoms with van der Waals surface area (Å²) in [5.41, 5.74) is 5.48. The Morgan fingerprint density at radius 1 is 1.60 bits per heavy atom. The van der Waals surface area contributed by atoms with E-state index in [1.54, 1.807) is 0 Å². The van der Waals surface area contributed by atoms with E-state index in [4.69, 9.17) is 18.0 Å². The van der Waals surface area contributed by atoms with Crippen LogP contribution in [0.25, 0.3) is 0 Å². The van der Waals surface area contributed by atoms with Crippen molar-refractivity contribution in [3.05, 3.63) is 4.77 Å². The zero-order chi connectivity index (χ0) is 11.0. The van der Waals surface area contributed by atoms with Crippen LogP contribution >= 0.6 is 24.8 Å². The molecule has 0 aromatic carbocycles. The maximum absolute atomic E-state index is 11.5. The first-order chi connectivity index (χ1) is 7.06. The topological polar surface area (TPSA) is 87.9 Å². The number of nitrogens with zero attached hydrogens (tertiary/aromatic N) is 3. The van der Waals surface area contributed by atoms with E-state index >= 15 is 0 Å². The number of hydrogen-bond donors (Lipinski definition) is 3. The molecule has 1 aliphatic heterocycles. The number of carbonyl (C=O) groups is 1. The fraction of sp³-hybridized carbons (Fsp3) is 0.429. The average molecular weight is 243 g/mol. The maximum Gasteiger partial charge on any atom is 0.230 e. The lowest BCUT2D eigenvalue weighted by Crippen LogP contribution is -2.27. The standard InChI is InChI=1S/C7H9N5OS2/c8-5-9-6(11-7(15)10-5)12-2-3(14)1-4(12)13/h3,14H,1-2H2,(H3,8,9,10,11,15). The van der Waals surface area contributed by atoms with Gasteiger partial charge in [-0.3, -0.25) is 14.7 Å². The number of thiol groups is 1. The summed E-state index contributed by atoms with van der Waals surface area (Å²) in [6.45, 7) is 0.504. The van der Waals surface area contributed by atoms with Gasteiger partial charge in [0.25, 0.3) is 0 Å². The molecular formula is C7H9N5OS2. The molecule has 1 amide bonds. The Balaban J connectivity index is 2.37. The fourth-order valence-electron chi connectivity index (χ4n) is 1.41. The molecule has 0 spiro atoms. The Morgan fingerprint density at radius 3 is 2.87 bits per heavy atom. The van der Waals surface area contributed by atoms with E-state index in [0.29, 0.717) is 18.9 Å². The predicted molar refractivity (Wildman–Crippen MR) is 61.4 cm³/mol. The number of carbonyl (C=O) groups excluding carboxylic acids is 1. The van der Waals surface area contributed by atoms with E-state index in [9.17, 15) is 4.79 Å². The van der Waals surface area contributed by atoms with Gasteiger partial charge in [0.05, 0.1) is 0 Å². The number of aromatic amines is 1. The number of aromatic nitrogens is 3. The van der Waals surface area contributed by atoms with E-state index in [-0.39, 0.29) is 21.9 Å². The second-order valence-corrected chi connectivity index (χ2v) is 4.30. The number of anilines is 2. The van der Waals surface area contributed by atoms with Crippen molar-refractivity contribution in [1.82, 2.24) is 15.0 Å². The second-order valence-electron chi connectivity index (χ2n) is 3.20. The Labute approximate surface area is 96.3 Å². The highest BCUT2D eigenvalue weighted by atomic mass is 32.1. The molecule has 0 bridgehead atoms. The van der Waals surface area contributed by atoms with Gasteiger partial charge in [0, 0.05) is 18.2 Å². The third-order valence-corrected chi connectivity index (χ3v) is 2.55. The molecule has 0 radical (unpaired) electrons. The quantitative estimate of drug-likeness (QED) is 0.483. The van der Waals surface area contributed by atoms with E-state index in [0.717, 1.165) is 0 Å². The largest absolute Gasteiger partial charge is 0.369 e. The van der Waals surface area contributed by atoms with Crippen molar-refractivity contribution in [2.45, 2.75) is 11.7 Å². The van der Waals surface area contributed by atoms with Gasteiger partial charge in [-0.1, -0.05) is 0 Å². The predicted octanol–water partition coefficient (Wildman–Crippen LogP) is 0.151. The van der Waals surface area contributed by atoms with Crippen LogP contribution in [0, 0.1) is 4.77 Å². The van der Waals surface area contributed by atoms with Crippen LogP contribution in [0.1, 0.15) is 6.42 Å². The molecule has 2 heterocycles. The molecule has 80 valence electrons. The summed E-state index contributed by atoms with van der Waals surface area (Å²) < 4.78 is 0.122. The molecule has 1 atom stereocenters. The normalized spacial score (nSPS) is 21.0. The summed E-state index contributed by atoms with van der Waals surface area (Å²) in [6.07, 6.45) is 0.396. The number of nitrogen functional groups attached to an aromatic ring is 1. The number of H-pyrrole nitrogens is 1. The molecule has 8 heteroatoms. The van der Waals surface area contributed by atoms with Crippen molar-refractivity contribution < 1.29 is 4.79 Å². The highest BCUT2D eigenvalue weighted by Crippen LogP contribution is 2.20. The third-order valence-electron chi connectivity index (χ3n) is 2.02. The summed E-state index contributed by atoms with van der Waals surface area (Å²) in [6, 6.07) is 0. The molecule has 6 nitrogen and oxygen atoms in total. The molecule has 1 unspecified atom stereocenters. The number of amides is 1. The van der Waals surface area contributed by atoms with Crippen molar-refractivity contribution in [1.29, 1.82) is 0 Å². The average Bonchev–Trinajstić information content (AvgIpc) is 2.43. The van der Waals surface area contributed by atoms with Gasteiger partial charge >= 0.3 is 0 Å². The summed E-state index contributed by atoms with van der Waals surface area (Å²) in [5.74, 6) is 0.452. The van der Waals surface area contributed by atoms with Crippen LogP contribution in [0.3, 0.4) is 0 Å². The molecule has 1 fully saturated rings. The zero-order valence-electron chi connectivity index (χ0n) is 7.67. The van der Waals surface area contributed by atoms with Crippen molar-refractivity contribution in [2.24, 2.45) is 0 Å². The molecule has 1 saturated heterocycles. The zero-order valence-corrected chi connectivity index (χ0v) is 9.39. The Kier molecular flexibility index (Phi) is 2.61. The highest BCUT2D eigenvalue weighted by molar-refractivity contribution is 7.81. The van der Waals surface area contributed by atoms with E-state index in [1.165, 1.54) is 4.90 Å². The molecule has 3 N–H and O–H groups in total. The first kappa shape index (κ1) is 10.4. The lowest BCUT2D eigenvalue weighted by Gasteiger charge is -2.13. The van der Waals surface area contributed by atoms with Crippen LogP contribution < -0.4 is 10.6 Å². The smallest absolute Gasteiger partial charge is 0.230 e. The van der Waals surface area contributed by atoms with Crippen molar-refractivity contribution in [3.8, 4) is 0 Å².